The Kier molecular flexibility index (Phi) is 5.47. The summed E-state index contributed by atoms with van der Waals surface area (Å²) in [4.78, 5) is 28.5. The van der Waals surface area contributed by atoms with E-state index in [1.165, 1.54) is 6.92 Å². The number of rotatable bonds is 5. The van der Waals surface area contributed by atoms with E-state index >= 15 is 0 Å². The van der Waals surface area contributed by atoms with Crippen molar-refractivity contribution in [3.63, 3.8) is 0 Å². The van der Waals surface area contributed by atoms with Gasteiger partial charge in [0.15, 0.2) is 0 Å². The Labute approximate surface area is 164 Å². The van der Waals surface area contributed by atoms with Crippen LogP contribution in [0.15, 0.2) is 28.9 Å². The summed E-state index contributed by atoms with van der Waals surface area (Å²) in [5, 5.41) is 7.30. The van der Waals surface area contributed by atoms with Crippen LogP contribution in [0.3, 0.4) is 0 Å². The Hall–Kier alpha value is -2.61. The van der Waals surface area contributed by atoms with Crippen LogP contribution in [0.5, 0.6) is 0 Å². The lowest BCUT2D eigenvalue weighted by atomic mass is 9.96. The van der Waals surface area contributed by atoms with Gasteiger partial charge in [-0.1, -0.05) is 0 Å². The van der Waals surface area contributed by atoms with Gasteiger partial charge in [-0.05, 0) is 37.6 Å². The fourth-order valence-corrected chi connectivity index (χ4v) is 4.10. The molecule has 150 valence electrons. The highest BCUT2D eigenvalue weighted by atomic mass is 16.3. The van der Waals surface area contributed by atoms with Gasteiger partial charge in [0.25, 0.3) is 0 Å². The van der Waals surface area contributed by atoms with Crippen LogP contribution in [0.1, 0.15) is 36.9 Å². The van der Waals surface area contributed by atoms with Gasteiger partial charge in [-0.25, -0.2) is 0 Å². The second-order valence-corrected chi connectivity index (χ2v) is 7.67. The third kappa shape index (κ3) is 4.27. The second kappa shape index (κ2) is 8.18. The van der Waals surface area contributed by atoms with Crippen molar-refractivity contribution in [2.75, 3.05) is 19.6 Å². The number of nitrogens with one attached hydrogen (secondary N) is 1. The molecule has 0 bridgehead atoms. The Morgan fingerprint density at radius 3 is 3.00 bits per heavy atom. The van der Waals surface area contributed by atoms with Crippen molar-refractivity contribution in [3.05, 3.63) is 41.6 Å². The number of fused-ring (bicyclic) bond motifs is 1. The number of nitrogens with zero attached hydrogens (tertiary/aromatic N) is 4. The minimum atomic E-state index is -0.0702. The first kappa shape index (κ1) is 18.7. The number of carbonyl (C=O) groups excluding carboxylic acids is 2. The molecule has 0 spiro atoms. The predicted molar refractivity (Wildman–Crippen MR) is 102 cm³/mol. The summed E-state index contributed by atoms with van der Waals surface area (Å²) >= 11 is 0. The van der Waals surface area contributed by atoms with E-state index in [9.17, 15) is 9.59 Å². The largest absolute Gasteiger partial charge is 0.468 e. The summed E-state index contributed by atoms with van der Waals surface area (Å²) in [7, 11) is 0. The molecule has 2 aromatic heterocycles. The highest BCUT2D eigenvalue weighted by Crippen LogP contribution is 2.23. The van der Waals surface area contributed by atoms with E-state index in [0.29, 0.717) is 26.2 Å². The number of furan rings is 1. The van der Waals surface area contributed by atoms with Gasteiger partial charge >= 0.3 is 0 Å². The van der Waals surface area contributed by atoms with Gasteiger partial charge in [-0.15, -0.1) is 0 Å². The molecule has 0 saturated carbocycles. The molecule has 1 saturated heterocycles. The van der Waals surface area contributed by atoms with Gasteiger partial charge in [0.2, 0.25) is 11.8 Å². The third-order valence-corrected chi connectivity index (χ3v) is 5.49. The normalized spacial score (nSPS) is 20.0. The number of aromatic nitrogens is 2. The molecule has 4 heterocycles. The summed E-state index contributed by atoms with van der Waals surface area (Å²) in [6.07, 6.45) is 3.67. The van der Waals surface area contributed by atoms with Crippen molar-refractivity contribution in [3.8, 4) is 0 Å². The maximum Gasteiger partial charge on any atom is 0.227 e. The number of piperidine rings is 1. The van der Waals surface area contributed by atoms with Gasteiger partial charge < -0.3 is 14.6 Å². The molecule has 8 heteroatoms. The zero-order chi connectivity index (χ0) is 19.5. The van der Waals surface area contributed by atoms with Crippen LogP contribution in [0.4, 0.5) is 0 Å². The Bertz CT molecular complexity index is 829. The number of carbonyl (C=O) groups is 2. The Balaban J connectivity index is 1.35. The molecule has 2 aliphatic rings. The molecular weight excluding hydrogens is 358 g/mol. The molecule has 28 heavy (non-hydrogen) atoms. The minimum absolute atomic E-state index is 0.0389. The number of hydrogen-bond acceptors (Lipinski definition) is 5. The summed E-state index contributed by atoms with van der Waals surface area (Å²) in [6, 6.07) is 5.87. The maximum atomic E-state index is 13.1. The topological polar surface area (TPSA) is 83.6 Å². The first-order valence-corrected chi connectivity index (χ1v) is 9.92. The Morgan fingerprint density at radius 1 is 1.32 bits per heavy atom. The van der Waals surface area contributed by atoms with Crippen molar-refractivity contribution in [2.45, 2.75) is 45.9 Å². The molecular formula is C20H27N5O3. The molecule has 8 nitrogen and oxygen atoms in total. The summed E-state index contributed by atoms with van der Waals surface area (Å²) < 4.78 is 7.40. The van der Waals surface area contributed by atoms with Crippen LogP contribution in [0.2, 0.25) is 0 Å². The van der Waals surface area contributed by atoms with Crippen LogP contribution < -0.4 is 5.32 Å². The lowest BCUT2D eigenvalue weighted by molar-refractivity contribution is -0.139. The molecule has 0 aliphatic carbocycles. The first-order valence-electron chi connectivity index (χ1n) is 9.92. The maximum absolute atomic E-state index is 13.1. The van der Waals surface area contributed by atoms with E-state index in [1.54, 1.807) is 6.26 Å². The zero-order valence-electron chi connectivity index (χ0n) is 16.3. The average Bonchev–Trinajstić information content (AvgIpc) is 3.34. The van der Waals surface area contributed by atoms with Crippen molar-refractivity contribution >= 4 is 11.8 Å². The van der Waals surface area contributed by atoms with Crippen molar-refractivity contribution < 1.29 is 14.0 Å². The van der Waals surface area contributed by atoms with Crippen LogP contribution in [0, 0.1) is 5.92 Å². The van der Waals surface area contributed by atoms with Gasteiger partial charge in [0.1, 0.15) is 5.76 Å². The van der Waals surface area contributed by atoms with Gasteiger partial charge in [0.05, 0.1) is 49.7 Å². The molecule has 0 aromatic carbocycles. The van der Waals surface area contributed by atoms with Crippen molar-refractivity contribution in [2.24, 2.45) is 5.92 Å². The summed E-state index contributed by atoms with van der Waals surface area (Å²) in [6.45, 7) is 6.43. The molecule has 2 aliphatic heterocycles. The predicted octanol–water partition coefficient (Wildman–Crippen LogP) is 1.37. The van der Waals surface area contributed by atoms with E-state index in [-0.39, 0.29) is 17.7 Å². The molecule has 4 rings (SSSR count). The third-order valence-electron chi connectivity index (χ3n) is 5.49. The van der Waals surface area contributed by atoms with Gasteiger partial charge in [-0.2, -0.15) is 5.10 Å². The monoisotopic (exact) mass is 385 g/mol. The lowest BCUT2D eigenvalue weighted by Gasteiger charge is -2.36. The standard InChI is InChI=1S/C20H27N5O3/c1-15(26)21-11-17-10-18-13-24(7-8-25(18)22-17)20(27)16-4-2-6-23(12-16)14-19-5-3-9-28-19/h3,5,9-10,16H,2,4,6-8,11-14H2,1H3,(H,21,26)/t16-/m1/s1. The van der Waals surface area contributed by atoms with E-state index in [0.717, 1.165) is 49.6 Å². The van der Waals surface area contributed by atoms with E-state index < -0.39 is 0 Å². The highest BCUT2D eigenvalue weighted by Gasteiger charge is 2.31. The number of likely N-dealkylation sites (tertiary alicyclic amines) is 1. The van der Waals surface area contributed by atoms with Crippen LogP contribution in [-0.4, -0.2) is 51.0 Å². The molecule has 0 unspecified atom stereocenters. The van der Waals surface area contributed by atoms with Gasteiger partial charge in [-0.3, -0.25) is 19.2 Å². The molecule has 1 N–H and O–H groups in total. The average molecular weight is 385 g/mol. The zero-order valence-corrected chi connectivity index (χ0v) is 16.3. The SMILES string of the molecule is CC(=O)NCc1cc2n(n1)CCN(C(=O)[C@@H]1CCCN(Cc3ccco3)C1)C2. The van der Waals surface area contributed by atoms with Crippen LogP contribution >= 0.6 is 0 Å². The molecule has 2 amide bonds. The number of hydrogen-bond donors (Lipinski definition) is 1. The fourth-order valence-electron chi connectivity index (χ4n) is 4.10. The summed E-state index contributed by atoms with van der Waals surface area (Å²) in [5.41, 5.74) is 1.87. The van der Waals surface area contributed by atoms with Crippen LogP contribution in [0.25, 0.3) is 0 Å². The molecule has 1 fully saturated rings. The van der Waals surface area contributed by atoms with Crippen molar-refractivity contribution in [1.82, 2.24) is 24.9 Å². The highest BCUT2D eigenvalue weighted by molar-refractivity contribution is 5.79. The molecule has 2 aromatic rings. The van der Waals surface area contributed by atoms with Crippen LogP contribution in [-0.2, 0) is 35.8 Å². The smallest absolute Gasteiger partial charge is 0.227 e. The Morgan fingerprint density at radius 2 is 2.21 bits per heavy atom. The first-order chi connectivity index (χ1) is 13.6. The number of amides is 2. The van der Waals surface area contributed by atoms with Gasteiger partial charge in [0, 0.05) is 20.0 Å². The van der Waals surface area contributed by atoms with E-state index in [4.69, 9.17) is 4.42 Å². The summed E-state index contributed by atoms with van der Waals surface area (Å²) in [5.74, 6) is 1.15. The minimum Gasteiger partial charge on any atom is -0.468 e. The quantitative estimate of drug-likeness (QED) is 0.840. The fraction of sp³-hybridized carbons (Fsp3) is 0.550. The van der Waals surface area contributed by atoms with E-state index in [2.05, 4.69) is 15.3 Å². The van der Waals surface area contributed by atoms with E-state index in [1.807, 2.05) is 27.8 Å². The van der Waals surface area contributed by atoms with Crippen molar-refractivity contribution in [1.29, 1.82) is 0 Å². The lowest BCUT2D eigenvalue weighted by Crippen LogP contribution is -2.46. The molecule has 1 atom stereocenters. The molecule has 0 radical (unpaired) electrons. The second-order valence-electron chi connectivity index (χ2n) is 7.67.